The Bertz CT molecular complexity index is 552. The van der Waals surface area contributed by atoms with Crippen molar-refractivity contribution in [3.8, 4) is 0 Å². The Hall–Kier alpha value is -1.95. The van der Waals surface area contributed by atoms with E-state index in [1.54, 1.807) is 19.1 Å². The molecule has 23 heavy (non-hydrogen) atoms. The van der Waals surface area contributed by atoms with Crippen molar-refractivity contribution in [3.05, 3.63) is 39.4 Å². The monoisotopic (exact) mass is 319 g/mol. The van der Waals surface area contributed by atoms with E-state index in [2.05, 4.69) is 10.6 Å². The lowest BCUT2D eigenvalue weighted by atomic mass is 10.1. The highest BCUT2D eigenvalue weighted by Crippen LogP contribution is 2.21. The standard InChI is InChI=1S/C17H25N3O3/c1-13-15(9-6-10-16(13)20(22)23)17(21)19-12-11-18-14-7-4-2-3-5-8-14/h6,9-10,14,18H,2-5,7-8,11-12H2,1H3,(H,19,21). The smallest absolute Gasteiger partial charge is 0.273 e. The molecule has 0 spiro atoms. The molecule has 1 aliphatic rings. The van der Waals surface area contributed by atoms with E-state index in [4.69, 9.17) is 0 Å². The van der Waals surface area contributed by atoms with Gasteiger partial charge in [0.05, 0.1) is 4.92 Å². The maximum absolute atomic E-state index is 12.2. The van der Waals surface area contributed by atoms with Crippen LogP contribution in [0.1, 0.15) is 54.4 Å². The summed E-state index contributed by atoms with van der Waals surface area (Å²) in [5.41, 5.74) is 0.759. The lowest BCUT2D eigenvalue weighted by molar-refractivity contribution is -0.385. The van der Waals surface area contributed by atoms with Crippen LogP contribution in [0.15, 0.2) is 18.2 Å². The molecule has 1 aromatic rings. The van der Waals surface area contributed by atoms with Crippen molar-refractivity contribution in [1.29, 1.82) is 0 Å². The Labute approximate surface area is 136 Å². The summed E-state index contributed by atoms with van der Waals surface area (Å²) in [6, 6.07) is 5.13. The normalized spacial score (nSPS) is 15.9. The molecule has 0 bridgehead atoms. The summed E-state index contributed by atoms with van der Waals surface area (Å²) in [5.74, 6) is -0.256. The molecule has 0 heterocycles. The third-order valence-electron chi connectivity index (χ3n) is 4.45. The maximum atomic E-state index is 12.2. The Morgan fingerprint density at radius 3 is 2.57 bits per heavy atom. The van der Waals surface area contributed by atoms with Gasteiger partial charge < -0.3 is 10.6 Å². The largest absolute Gasteiger partial charge is 0.351 e. The molecule has 0 aliphatic heterocycles. The molecule has 6 heteroatoms. The van der Waals surface area contributed by atoms with Gasteiger partial charge in [0, 0.05) is 36.3 Å². The molecule has 1 saturated carbocycles. The van der Waals surface area contributed by atoms with E-state index < -0.39 is 4.92 Å². The zero-order valence-electron chi connectivity index (χ0n) is 13.6. The minimum absolute atomic E-state index is 0.0192. The number of carbonyl (C=O) groups is 1. The van der Waals surface area contributed by atoms with Gasteiger partial charge in [-0.1, -0.05) is 31.7 Å². The molecule has 0 radical (unpaired) electrons. The highest BCUT2D eigenvalue weighted by Gasteiger charge is 2.17. The highest BCUT2D eigenvalue weighted by atomic mass is 16.6. The van der Waals surface area contributed by atoms with Gasteiger partial charge in [0.1, 0.15) is 0 Å². The number of rotatable bonds is 6. The zero-order chi connectivity index (χ0) is 16.7. The van der Waals surface area contributed by atoms with Crippen LogP contribution < -0.4 is 10.6 Å². The Balaban J connectivity index is 1.81. The van der Waals surface area contributed by atoms with Crippen LogP contribution >= 0.6 is 0 Å². The second kappa shape index (κ2) is 8.62. The van der Waals surface area contributed by atoms with Crippen LogP contribution in [0, 0.1) is 17.0 Å². The van der Waals surface area contributed by atoms with E-state index in [-0.39, 0.29) is 11.6 Å². The number of nitrogens with zero attached hydrogens (tertiary/aromatic N) is 1. The third-order valence-corrected chi connectivity index (χ3v) is 4.45. The molecule has 0 unspecified atom stereocenters. The molecule has 1 fully saturated rings. The summed E-state index contributed by atoms with van der Waals surface area (Å²) in [4.78, 5) is 22.7. The van der Waals surface area contributed by atoms with Crippen LogP contribution in [-0.4, -0.2) is 30.0 Å². The fourth-order valence-corrected chi connectivity index (χ4v) is 3.10. The Morgan fingerprint density at radius 2 is 1.91 bits per heavy atom. The van der Waals surface area contributed by atoms with E-state index in [1.807, 2.05) is 0 Å². The molecule has 0 aromatic heterocycles. The summed E-state index contributed by atoms with van der Waals surface area (Å²) in [7, 11) is 0. The Kier molecular flexibility index (Phi) is 6.52. The first-order valence-corrected chi connectivity index (χ1v) is 8.35. The maximum Gasteiger partial charge on any atom is 0.273 e. The SMILES string of the molecule is Cc1c(C(=O)NCCNC2CCCCCC2)cccc1[N+](=O)[O-]. The first-order chi connectivity index (χ1) is 11.1. The van der Waals surface area contributed by atoms with Crippen molar-refractivity contribution >= 4 is 11.6 Å². The van der Waals surface area contributed by atoms with E-state index in [1.165, 1.54) is 44.6 Å². The van der Waals surface area contributed by atoms with Gasteiger partial charge >= 0.3 is 0 Å². The molecule has 126 valence electrons. The molecule has 1 aliphatic carbocycles. The third kappa shape index (κ3) is 5.03. The quantitative estimate of drug-likeness (QED) is 0.365. The van der Waals surface area contributed by atoms with E-state index in [0.29, 0.717) is 23.7 Å². The fourth-order valence-electron chi connectivity index (χ4n) is 3.10. The number of amides is 1. The first-order valence-electron chi connectivity index (χ1n) is 8.35. The van der Waals surface area contributed by atoms with Gasteiger partial charge in [-0.2, -0.15) is 0 Å². The van der Waals surface area contributed by atoms with Crippen LogP contribution in [0.5, 0.6) is 0 Å². The molecule has 2 N–H and O–H groups in total. The van der Waals surface area contributed by atoms with Crippen molar-refractivity contribution in [2.75, 3.05) is 13.1 Å². The average Bonchev–Trinajstić information content (AvgIpc) is 2.80. The summed E-state index contributed by atoms with van der Waals surface area (Å²) < 4.78 is 0. The van der Waals surface area contributed by atoms with E-state index in [0.717, 1.165) is 6.54 Å². The molecule has 1 amide bonds. The van der Waals surface area contributed by atoms with E-state index >= 15 is 0 Å². The van der Waals surface area contributed by atoms with Crippen molar-refractivity contribution in [2.45, 2.75) is 51.5 Å². The minimum Gasteiger partial charge on any atom is -0.351 e. The first kappa shape index (κ1) is 17.4. The predicted molar refractivity (Wildman–Crippen MR) is 89.7 cm³/mol. The van der Waals surface area contributed by atoms with Crippen molar-refractivity contribution in [1.82, 2.24) is 10.6 Å². The molecule has 0 atom stereocenters. The molecule has 0 saturated heterocycles. The summed E-state index contributed by atoms with van der Waals surface area (Å²) in [6.45, 7) is 2.86. The molecular formula is C17H25N3O3. The van der Waals surface area contributed by atoms with Gasteiger partial charge in [-0.05, 0) is 25.8 Å². The lowest BCUT2D eigenvalue weighted by Gasteiger charge is -2.16. The van der Waals surface area contributed by atoms with Gasteiger partial charge in [0.25, 0.3) is 11.6 Å². The molecule has 1 aromatic carbocycles. The number of hydrogen-bond acceptors (Lipinski definition) is 4. The van der Waals surface area contributed by atoms with Crippen LogP contribution in [0.2, 0.25) is 0 Å². The van der Waals surface area contributed by atoms with Gasteiger partial charge in [-0.3, -0.25) is 14.9 Å². The average molecular weight is 319 g/mol. The summed E-state index contributed by atoms with van der Waals surface area (Å²) >= 11 is 0. The van der Waals surface area contributed by atoms with Gasteiger partial charge in [0.2, 0.25) is 0 Å². The van der Waals surface area contributed by atoms with Crippen molar-refractivity contribution in [3.63, 3.8) is 0 Å². The number of nitrogens with one attached hydrogen (secondary N) is 2. The van der Waals surface area contributed by atoms with Crippen LogP contribution in [-0.2, 0) is 0 Å². The summed E-state index contributed by atoms with van der Waals surface area (Å²) in [6.07, 6.45) is 7.60. The van der Waals surface area contributed by atoms with E-state index in [9.17, 15) is 14.9 Å². The number of hydrogen-bond donors (Lipinski definition) is 2. The second-order valence-corrected chi connectivity index (χ2v) is 6.11. The van der Waals surface area contributed by atoms with Crippen LogP contribution in [0.3, 0.4) is 0 Å². The second-order valence-electron chi connectivity index (χ2n) is 6.11. The molecule has 6 nitrogen and oxygen atoms in total. The predicted octanol–water partition coefficient (Wildman–Crippen LogP) is 2.95. The number of nitro groups is 1. The van der Waals surface area contributed by atoms with Crippen molar-refractivity contribution < 1.29 is 9.72 Å². The topological polar surface area (TPSA) is 84.3 Å². The zero-order valence-corrected chi connectivity index (χ0v) is 13.6. The minimum atomic E-state index is -0.459. The van der Waals surface area contributed by atoms with Gasteiger partial charge in [-0.15, -0.1) is 0 Å². The van der Waals surface area contributed by atoms with Crippen LogP contribution in [0.4, 0.5) is 5.69 Å². The number of benzene rings is 1. The fraction of sp³-hybridized carbons (Fsp3) is 0.588. The summed E-state index contributed by atoms with van der Waals surface area (Å²) in [5, 5.41) is 17.3. The Morgan fingerprint density at radius 1 is 1.22 bits per heavy atom. The van der Waals surface area contributed by atoms with Crippen molar-refractivity contribution in [2.24, 2.45) is 0 Å². The van der Waals surface area contributed by atoms with Gasteiger partial charge in [0.15, 0.2) is 0 Å². The molecule has 2 rings (SSSR count). The highest BCUT2D eigenvalue weighted by molar-refractivity contribution is 5.96. The van der Waals surface area contributed by atoms with Gasteiger partial charge in [-0.25, -0.2) is 0 Å². The van der Waals surface area contributed by atoms with Crippen LogP contribution in [0.25, 0.3) is 0 Å². The number of carbonyl (C=O) groups excluding carboxylic acids is 1. The number of nitro benzene ring substituents is 1. The lowest BCUT2D eigenvalue weighted by Crippen LogP contribution is -2.37. The molecular weight excluding hydrogens is 294 g/mol.